The number of morpholine rings is 1. The van der Waals surface area contributed by atoms with E-state index in [4.69, 9.17) is 4.74 Å². The SMILES string of the molecule is CN1CCOC(c2cccc(NC(=O)c3cccs3)c2)C1. The van der Waals surface area contributed by atoms with Crippen molar-refractivity contribution in [2.45, 2.75) is 6.10 Å². The Kier molecular flexibility index (Phi) is 4.34. The van der Waals surface area contributed by atoms with Crippen molar-refractivity contribution >= 4 is 22.9 Å². The van der Waals surface area contributed by atoms with Crippen molar-refractivity contribution in [2.75, 3.05) is 32.1 Å². The highest BCUT2D eigenvalue weighted by Gasteiger charge is 2.19. The van der Waals surface area contributed by atoms with Gasteiger partial charge < -0.3 is 15.0 Å². The highest BCUT2D eigenvalue weighted by atomic mass is 32.1. The molecule has 0 radical (unpaired) electrons. The van der Waals surface area contributed by atoms with Gasteiger partial charge in [-0.15, -0.1) is 11.3 Å². The molecule has 1 aromatic heterocycles. The molecule has 21 heavy (non-hydrogen) atoms. The third kappa shape index (κ3) is 3.50. The monoisotopic (exact) mass is 302 g/mol. The number of benzene rings is 1. The Morgan fingerprint density at radius 3 is 3.05 bits per heavy atom. The summed E-state index contributed by atoms with van der Waals surface area (Å²) in [5.41, 5.74) is 1.91. The molecule has 0 spiro atoms. The van der Waals surface area contributed by atoms with Gasteiger partial charge in [0, 0.05) is 18.8 Å². The summed E-state index contributed by atoms with van der Waals surface area (Å²) in [6.07, 6.45) is 0.0716. The van der Waals surface area contributed by atoms with E-state index >= 15 is 0 Å². The van der Waals surface area contributed by atoms with Crippen LogP contribution >= 0.6 is 11.3 Å². The Bertz CT molecular complexity index is 612. The highest BCUT2D eigenvalue weighted by Crippen LogP contribution is 2.24. The molecule has 1 saturated heterocycles. The smallest absolute Gasteiger partial charge is 0.265 e. The second kappa shape index (κ2) is 6.39. The molecular weight excluding hydrogens is 284 g/mol. The number of anilines is 1. The summed E-state index contributed by atoms with van der Waals surface area (Å²) in [4.78, 5) is 15.0. The van der Waals surface area contributed by atoms with Crippen LogP contribution in [0.3, 0.4) is 0 Å². The number of carbonyl (C=O) groups is 1. The van der Waals surface area contributed by atoms with Crippen LogP contribution in [0.5, 0.6) is 0 Å². The van der Waals surface area contributed by atoms with E-state index in [-0.39, 0.29) is 12.0 Å². The lowest BCUT2D eigenvalue weighted by atomic mass is 10.1. The number of ether oxygens (including phenoxy) is 1. The molecule has 5 heteroatoms. The summed E-state index contributed by atoms with van der Waals surface area (Å²) in [5, 5.41) is 4.84. The van der Waals surface area contributed by atoms with E-state index in [1.54, 1.807) is 0 Å². The lowest BCUT2D eigenvalue weighted by Gasteiger charge is -2.30. The average molecular weight is 302 g/mol. The Morgan fingerprint density at radius 2 is 2.29 bits per heavy atom. The predicted octanol–water partition coefficient (Wildman–Crippen LogP) is 3.00. The molecule has 1 aliphatic heterocycles. The van der Waals surface area contributed by atoms with Gasteiger partial charge >= 0.3 is 0 Å². The Hall–Kier alpha value is -1.69. The number of likely N-dealkylation sites (N-methyl/N-ethyl adjacent to an activating group) is 1. The number of nitrogens with zero attached hydrogens (tertiary/aromatic N) is 1. The summed E-state index contributed by atoms with van der Waals surface area (Å²) in [7, 11) is 2.10. The zero-order chi connectivity index (χ0) is 14.7. The fourth-order valence-corrected chi connectivity index (χ4v) is 3.02. The van der Waals surface area contributed by atoms with Crippen LogP contribution in [-0.2, 0) is 4.74 Å². The van der Waals surface area contributed by atoms with E-state index < -0.39 is 0 Å². The Balaban J connectivity index is 1.72. The minimum Gasteiger partial charge on any atom is -0.371 e. The Labute approximate surface area is 128 Å². The van der Waals surface area contributed by atoms with Gasteiger partial charge in [-0.3, -0.25) is 4.79 Å². The van der Waals surface area contributed by atoms with Crippen molar-refractivity contribution in [3.8, 4) is 0 Å². The van der Waals surface area contributed by atoms with Gasteiger partial charge in [0.25, 0.3) is 5.91 Å². The fraction of sp³-hybridized carbons (Fsp3) is 0.312. The molecule has 1 atom stereocenters. The van der Waals surface area contributed by atoms with Gasteiger partial charge in [-0.1, -0.05) is 18.2 Å². The first-order chi connectivity index (χ1) is 10.2. The van der Waals surface area contributed by atoms with Gasteiger partial charge in [0.15, 0.2) is 0 Å². The number of nitrogens with one attached hydrogen (secondary N) is 1. The van der Waals surface area contributed by atoms with Crippen molar-refractivity contribution in [1.82, 2.24) is 4.90 Å². The van der Waals surface area contributed by atoms with Crippen LogP contribution in [0.2, 0.25) is 0 Å². The van der Waals surface area contributed by atoms with Crippen LogP contribution in [0.1, 0.15) is 21.3 Å². The van der Waals surface area contributed by atoms with Crippen LogP contribution < -0.4 is 5.32 Å². The first kappa shape index (κ1) is 14.3. The highest BCUT2D eigenvalue weighted by molar-refractivity contribution is 7.12. The maximum Gasteiger partial charge on any atom is 0.265 e. The largest absolute Gasteiger partial charge is 0.371 e. The van der Waals surface area contributed by atoms with Crippen molar-refractivity contribution in [3.63, 3.8) is 0 Å². The summed E-state index contributed by atoms with van der Waals surface area (Å²) < 4.78 is 5.81. The fourth-order valence-electron chi connectivity index (χ4n) is 2.40. The number of hydrogen-bond acceptors (Lipinski definition) is 4. The van der Waals surface area contributed by atoms with E-state index in [1.807, 2.05) is 41.8 Å². The molecule has 3 rings (SSSR count). The summed E-state index contributed by atoms with van der Waals surface area (Å²) in [6, 6.07) is 11.6. The first-order valence-electron chi connectivity index (χ1n) is 6.97. The van der Waals surface area contributed by atoms with Crippen molar-refractivity contribution in [3.05, 3.63) is 52.2 Å². The van der Waals surface area contributed by atoms with E-state index in [0.29, 0.717) is 4.88 Å². The molecule has 0 bridgehead atoms. The van der Waals surface area contributed by atoms with E-state index in [9.17, 15) is 4.79 Å². The number of hydrogen-bond donors (Lipinski definition) is 1. The maximum absolute atomic E-state index is 12.1. The molecule has 0 aliphatic carbocycles. The normalized spacial score (nSPS) is 19.4. The van der Waals surface area contributed by atoms with Gasteiger partial charge in [0.2, 0.25) is 0 Å². The molecule has 2 aromatic rings. The van der Waals surface area contributed by atoms with Crippen LogP contribution in [-0.4, -0.2) is 37.6 Å². The minimum absolute atomic E-state index is 0.0659. The van der Waals surface area contributed by atoms with Crippen LogP contribution in [0, 0.1) is 0 Å². The van der Waals surface area contributed by atoms with Crippen molar-refractivity contribution in [2.24, 2.45) is 0 Å². The maximum atomic E-state index is 12.1. The second-order valence-corrected chi connectivity index (χ2v) is 6.13. The van der Waals surface area contributed by atoms with Gasteiger partial charge in [-0.2, -0.15) is 0 Å². The zero-order valence-corrected chi connectivity index (χ0v) is 12.7. The summed E-state index contributed by atoms with van der Waals surface area (Å²) >= 11 is 1.44. The van der Waals surface area contributed by atoms with Crippen LogP contribution in [0.15, 0.2) is 41.8 Å². The number of rotatable bonds is 3. The number of amides is 1. The number of carbonyl (C=O) groups excluding carboxylic acids is 1. The third-order valence-electron chi connectivity index (χ3n) is 3.53. The lowest BCUT2D eigenvalue weighted by Crippen LogP contribution is -2.35. The molecule has 1 aliphatic rings. The molecule has 1 aromatic carbocycles. The standard InChI is InChI=1S/C16H18N2O2S/c1-18-7-8-20-14(11-18)12-4-2-5-13(10-12)17-16(19)15-6-3-9-21-15/h2-6,9-10,14H,7-8,11H2,1H3,(H,17,19). The van der Waals surface area contributed by atoms with Gasteiger partial charge in [-0.05, 0) is 36.2 Å². The zero-order valence-electron chi connectivity index (χ0n) is 11.9. The van der Waals surface area contributed by atoms with E-state index in [2.05, 4.69) is 17.3 Å². The van der Waals surface area contributed by atoms with Gasteiger partial charge in [0.1, 0.15) is 0 Å². The average Bonchev–Trinajstić information content (AvgIpc) is 3.02. The Morgan fingerprint density at radius 1 is 1.38 bits per heavy atom. The minimum atomic E-state index is -0.0659. The van der Waals surface area contributed by atoms with Gasteiger partial charge in [-0.25, -0.2) is 0 Å². The molecule has 4 nitrogen and oxygen atoms in total. The molecule has 1 fully saturated rings. The third-order valence-corrected chi connectivity index (χ3v) is 4.40. The number of thiophene rings is 1. The van der Waals surface area contributed by atoms with Crippen molar-refractivity contribution in [1.29, 1.82) is 0 Å². The molecule has 110 valence electrons. The molecule has 1 amide bonds. The summed E-state index contributed by atoms with van der Waals surface area (Å²) in [5.74, 6) is -0.0659. The topological polar surface area (TPSA) is 41.6 Å². The quantitative estimate of drug-likeness (QED) is 0.947. The molecular formula is C16H18N2O2S. The molecule has 2 heterocycles. The first-order valence-corrected chi connectivity index (χ1v) is 7.85. The predicted molar refractivity (Wildman–Crippen MR) is 84.9 cm³/mol. The van der Waals surface area contributed by atoms with Crippen LogP contribution in [0.25, 0.3) is 0 Å². The second-order valence-electron chi connectivity index (χ2n) is 5.18. The van der Waals surface area contributed by atoms with Crippen molar-refractivity contribution < 1.29 is 9.53 Å². The lowest BCUT2D eigenvalue weighted by molar-refractivity contribution is -0.0208. The molecule has 1 unspecified atom stereocenters. The van der Waals surface area contributed by atoms with E-state index in [1.165, 1.54) is 11.3 Å². The van der Waals surface area contributed by atoms with E-state index in [0.717, 1.165) is 30.9 Å². The molecule has 0 saturated carbocycles. The van der Waals surface area contributed by atoms with Gasteiger partial charge in [0.05, 0.1) is 17.6 Å². The summed E-state index contributed by atoms with van der Waals surface area (Å²) in [6.45, 7) is 2.58. The molecule has 1 N–H and O–H groups in total. The van der Waals surface area contributed by atoms with Crippen LogP contribution in [0.4, 0.5) is 5.69 Å².